The first kappa shape index (κ1) is 18.9. The Hall–Kier alpha value is -2.92. The summed E-state index contributed by atoms with van der Waals surface area (Å²) in [6.07, 6.45) is 6.10. The molecule has 138 valence electrons. The van der Waals surface area contributed by atoms with Crippen LogP contribution in [0.5, 0.6) is 0 Å². The lowest BCUT2D eigenvalue weighted by atomic mass is 10.1. The molecule has 2 aromatic heterocycles. The van der Waals surface area contributed by atoms with Crippen LogP contribution in [0.25, 0.3) is 0 Å². The van der Waals surface area contributed by atoms with Crippen LogP contribution in [0.2, 0.25) is 5.02 Å². The van der Waals surface area contributed by atoms with Crippen LogP contribution in [-0.4, -0.2) is 29.5 Å². The fraction of sp³-hybridized carbons (Fsp3) is 0.190. The number of anilines is 2. The Balaban J connectivity index is 1.68. The van der Waals surface area contributed by atoms with Gasteiger partial charge in [-0.25, -0.2) is 4.98 Å². The molecule has 5 nitrogen and oxygen atoms in total. The van der Waals surface area contributed by atoms with Gasteiger partial charge in [0.05, 0.1) is 0 Å². The molecule has 0 saturated heterocycles. The Bertz CT molecular complexity index is 930. The number of halogens is 1. The standard InChI is InChI=1S/C21H21ClN4O/c1-15-3-4-18(22)14-19(15)25-21(27)17-7-11-24-20(13-17)26(2)12-8-16-5-9-23-10-6-16/h3-7,9-11,13-14H,8,12H2,1-2H3,(H,25,27). The molecule has 1 aromatic carbocycles. The van der Waals surface area contributed by atoms with Crippen molar-refractivity contribution in [2.75, 3.05) is 23.8 Å². The third-order valence-electron chi connectivity index (χ3n) is 4.33. The van der Waals surface area contributed by atoms with E-state index in [1.165, 1.54) is 5.56 Å². The number of aryl methyl sites for hydroxylation is 1. The number of likely N-dealkylation sites (N-methyl/N-ethyl adjacent to an activating group) is 1. The van der Waals surface area contributed by atoms with Crippen molar-refractivity contribution in [3.8, 4) is 0 Å². The molecule has 6 heteroatoms. The molecule has 0 aliphatic heterocycles. The molecule has 0 aliphatic rings. The predicted octanol–water partition coefficient (Wildman–Crippen LogP) is 4.37. The van der Waals surface area contributed by atoms with Gasteiger partial charge in [0.25, 0.3) is 5.91 Å². The lowest BCUT2D eigenvalue weighted by Crippen LogP contribution is -2.22. The van der Waals surface area contributed by atoms with Crippen molar-refractivity contribution in [2.45, 2.75) is 13.3 Å². The maximum Gasteiger partial charge on any atom is 0.255 e. The zero-order chi connectivity index (χ0) is 19.2. The minimum Gasteiger partial charge on any atom is -0.359 e. The number of nitrogens with one attached hydrogen (secondary N) is 1. The second-order valence-electron chi connectivity index (χ2n) is 6.34. The highest BCUT2D eigenvalue weighted by molar-refractivity contribution is 6.31. The van der Waals surface area contributed by atoms with Crippen molar-refractivity contribution in [1.82, 2.24) is 9.97 Å². The van der Waals surface area contributed by atoms with Gasteiger partial charge in [-0.15, -0.1) is 0 Å². The smallest absolute Gasteiger partial charge is 0.255 e. The molecule has 27 heavy (non-hydrogen) atoms. The maximum atomic E-state index is 12.6. The molecular weight excluding hydrogens is 360 g/mol. The van der Waals surface area contributed by atoms with Crippen molar-refractivity contribution < 1.29 is 4.79 Å². The first-order valence-corrected chi connectivity index (χ1v) is 9.04. The van der Waals surface area contributed by atoms with Crippen LogP contribution < -0.4 is 10.2 Å². The van der Waals surface area contributed by atoms with Crippen LogP contribution in [0.1, 0.15) is 21.5 Å². The second kappa shape index (κ2) is 8.64. The molecule has 3 aromatic rings. The Kier molecular flexibility index (Phi) is 6.04. The molecule has 3 rings (SSSR count). The van der Waals surface area contributed by atoms with Gasteiger partial charge in [-0.05, 0) is 60.9 Å². The summed E-state index contributed by atoms with van der Waals surface area (Å²) in [4.78, 5) is 23.1. The summed E-state index contributed by atoms with van der Waals surface area (Å²) in [6, 6.07) is 12.9. The molecule has 1 N–H and O–H groups in total. The van der Waals surface area contributed by atoms with Crippen molar-refractivity contribution >= 4 is 29.0 Å². The molecule has 0 fully saturated rings. The van der Waals surface area contributed by atoms with E-state index in [-0.39, 0.29) is 5.91 Å². The third-order valence-corrected chi connectivity index (χ3v) is 4.57. The minimum atomic E-state index is -0.188. The summed E-state index contributed by atoms with van der Waals surface area (Å²) in [5.74, 6) is 0.561. The van der Waals surface area contributed by atoms with E-state index >= 15 is 0 Å². The normalized spacial score (nSPS) is 10.5. The third kappa shape index (κ3) is 5.05. The molecule has 0 atom stereocenters. The van der Waals surface area contributed by atoms with Gasteiger partial charge in [0.15, 0.2) is 0 Å². The van der Waals surface area contributed by atoms with Crippen LogP contribution in [-0.2, 0) is 6.42 Å². The summed E-state index contributed by atoms with van der Waals surface area (Å²) >= 11 is 6.03. The number of carbonyl (C=O) groups is 1. The number of carbonyl (C=O) groups excluding carboxylic acids is 1. The molecule has 0 aliphatic carbocycles. The van der Waals surface area contributed by atoms with Crippen LogP contribution in [0.3, 0.4) is 0 Å². The van der Waals surface area contributed by atoms with E-state index in [1.807, 2.05) is 37.1 Å². The lowest BCUT2D eigenvalue weighted by Gasteiger charge is -2.18. The van der Waals surface area contributed by atoms with Gasteiger partial charge in [0.1, 0.15) is 5.82 Å². The Morgan fingerprint density at radius 3 is 2.67 bits per heavy atom. The highest BCUT2D eigenvalue weighted by atomic mass is 35.5. The van der Waals surface area contributed by atoms with E-state index in [0.29, 0.717) is 16.3 Å². The van der Waals surface area contributed by atoms with E-state index in [4.69, 9.17) is 11.6 Å². The number of aromatic nitrogens is 2. The SMILES string of the molecule is Cc1ccc(Cl)cc1NC(=O)c1ccnc(N(C)CCc2ccncc2)c1. The number of pyridine rings is 2. The van der Waals surface area contributed by atoms with Crippen LogP contribution in [0.15, 0.2) is 61.1 Å². The van der Waals surface area contributed by atoms with E-state index in [2.05, 4.69) is 15.3 Å². The average Bonchev–Trinajstić information content (AvgIpc) is 2.69. The van der Waals surface area contributed by atoms with Gasteiger partial charge in [0.2, 0.25) is 0 Å². The van der Waals surface area contributed by atoms with Gasteiger partial charge in [-0.1, -0.05) is 17.7 Å². The topological polar surface area (TPSA) is 58.1 Å². The van der Waals surface area contributed by atoms with Crippen LogP contribution in [0, 0.1) is 6.92 Å². The van der Waals surface area contributed by atoms with Gasteiger partial charge < -0.3 is 10.2 Å². The van der Waals surface area contributed by atoms with Crippen molar-refractivity contribution in [3.05, 3.63) is 82.8 Å². The Morgan fingerprint density at radius 1 is 1.11 bits per heavy atom. The molecule has 0 unspecified atom stereocenters. The highest BCUT2D eigenvalue weighted by Gasteiger charge is 2.11. The van der Waals surface area contributed by atoms with Gasteiger partial charge in [-0.2, -0.15) is 0 Å². The number of benzene rings is 1. The summed E-state index contributed by atoms with van der Waals surface area (Å²) in [5, 5.41) is 3.50. The van der Waals surface area contributed by atoms with Gasteiger partial charge in [0, 0.05) is 48.5 Å². The summed E-state index contributed by atoms with van der Waals surface area (Å²) < 4.78 is 0. The number of nitrogens with zero attached hydrogens (tertiary/aromatic N) is 3. The highest BCUT2D eigenvalue weighted by Crippen LogP contribution is 2.21. The van der Waals surface area contributed by atoms with E-state index in [9.17, 15) is 4.79 Å². The number of hydrogen-bond acceptors (Lipinski definition) is 4. The van der Waals surface area contributed by atoms with Crippen molar-refractivity contribution in [1.29, 1.82) is 0 Å². The average molecular weight is 381 g/mol. The largest absolute Gasteiger partial charge is 0.359 e. The molecular formula is C21H21ClN4O. The molecule has 2 heterocycles. The first-order valence-electron chi connectivity index (χ1n) is 8.66. The fourth-order valence-electron chi connectivity index (χ4n) is 2.65. The van der Waals surface area contributed by atoms with Gasteiger partial charge >= 0.3 is 0 Å². The van der Waals surface area contributed by atoms with Crippen LogP contribution >= 0.6 is 11.6 Å². The fourth-order valence-corrected chi connectivity index (χ4v) is 2.82. The summed E-state index contributed by atoms with van der Waals surface area (Å²) in [5.41, 5.74) is 3.42. The molecule has 1 amide bonds. The quantitative estimate of drug-likeness (QED) is 0.689. The number of rotatable bonds is 6. The maximum absolute atomic E-state index is 12.6. The molecule has 0 radical (unpaired) electrons. The number of hydrogen-bond donors (Lipinski definition) is 1. The van der Waals surface area contributed by atoms with Crippen molar-refractivity contribution in [2.24, 2.45) is 0 Å². The summed E-state index contributed by atoms with van der Waals surface area (Å²) in [6.45, 7) is 2.71. The second-order valence-corrected chi connectivity index (χ2v) is 6.78. The first-order chi connectivity index (χ1) is 13.0. The zero-order valence-corrected chi connectivity index (χ0v) is 16.1. The van der Waals surface area contributed by atoms with Crippen molar-refractivity contribution in [3.63, 3.8) is 0 Å². The molecule has 0 saturated carbocycles. The van der Waals surface area contributed by atoms with Gasteiger partial charge in [-0.3, -0.25) is 9.78 Å². The zero-order valence-electron chi connectivity index (χ0n) is 15.3. The number of amides is 1. The minimum absolute atomic E-state index is 0.188. The van der Waals surface area contributed by atoms with Crippen LogP contribution in [0.4, 0.5) is 11.5 Å². The molecule has 0 spiro atoms. The Morgan fingerprint density at radius 2 is 1.89 bits per heavy atom. The predicted molar refractivity (Wildman–Crippen MR) is 110 cm³/mol. The Labute approximate surface area is 164 Å². The monoisotopic (exact) mass is 380 g/mol. The lowest BCUT2D eigenvalue weighted by molar-refractivity contribution is 0.102. The molecule has 0 bridgehead atoms. The van der Waals surface area contributed by atoms with E-state index in [1.54, 1.807) is 42.9 Å². The summed E-state index contributed by atoms with van der Waals surface area (Å²) in [7, 11) is 1.96. The van der Waals surface area contributed by atoms with E-state index in [0.717, 1.165) is 24.3 Å². The van der Waals surface area contributed by atoms with E-state index < -0.39 is 0 Å².